The highest BCUT2D eigenvalue weighted by molar-refractivity contribution is 6.71. The number of carbonyl (C=O) groups is 3. The predicted molar refractivity (Wildman–Crippen MR) is 139 cm³/mol. The van der Waals surface area contributed by atoms with Crippen LogP contribution in [0.4, 0.5) is 17.1 Å². The second kappa shape index (κ2) is 9.23. The Labute approximate surface area is 212 Å². The van der Waals surface area contributed by atoms with E-state index in [1.807, 2.05) is 24.3 Å². The molecule has 2 heterocycles. The molecule has 5 rings (SSSR count). The van der Waals surface area contributed by atoms with Gasteiger partial charge in [-0.15, -0.1) is 0 Å². The van der Waals surface area contributed by atoms with E-state index >= 15 is 0 Å². The maximum absolute atomic E-state index is 13.0. The van der Waals surface area contributed by atoms with Gasteiger partial charge in [-0.25, -0.2) is 4.79 Å². The molecule has 3 aromatic carbocycles. The number of hydrogen-bond donors (Lipinski definition) is 3. The van der Waals surface area contributed by atoms with Crippen molar-refractivity contribution in [2.45, 2.75) is 19.3 Å². The van der Waals surface area contributed by atoms with Gasteiger partial charge in [0.25, 0.3) is 0 Å². The number of aromatic hydroxyl groups is 1. The number of fused-ring (bicyclic) bond motifs is 1. The van der Waals surface area contributed by atoms with Crippen molar-refractivity contribution < 1.29 is 24.6 Å². The van der Waals surface area contributed by atoms with Gasteiger partial charge in [0.1, 0.15) is 5.75 Å². The summed E-state index contributed by atoms with van der Waals surface area (Å²) in [6, 6.07) is 18.5. The highest BCUT2D eigenvalue weighted by Gasteiger charge is 2.35. The van der Waals surface area contributed by atoms with Crippen molar-refractivity contribution in [2.24, 2.45) is 10.2 Å². The fourth-order valence-electron chi connectivity index (χ4n) is 4.52. The van der Waals surface area contributed by atoms with Crippen LogP contribution in [0.3, 0.4) is 0 Å². The first-order chi connectivity index (χ1) is 17.8. The molecule has 10 nitrogen and oxygen atoms in total. The van der Waals surface area contributed by atoms with E-state index in [1.165, 1.54) is 18.2 Å². The quantitative estimate of drug-likeness (QED) is 0.352. The highest BCUT2D eigenvalue weighted by atomic mass is 16.4. The fourth-order valence-corrected chi connectivity index (χ4v) is 4.52. The maximum Gasteiger partial charge on any atom is 0.335 e. The molecular formula is C27H23N5O5. The maximum atomic E-state index is 13.0. The van der Waals surface area contributed by atoms with Crippen LogP contribution in [0.25, 0.3) is 0 Å². The van der Waals surface area contributed by atoms with Gasteiger partial charge in [0, 0.05) is 12.7 Å². The van der Waals surface area contributed by atoms with Crippen molar-refractivity contribution in [3.8, 4) is 5.75 Å². The minimum absolute atomic E-state index is 0.0204. The van der Waals surface area contributed by atoms with Crippen molar-refractivity contribution in [1.29, 1.82) is 0 Å². The Morgan fingerprint density at radius 1 is 1.08 bits per heavy atom. The monoisotopic (exact) mass is 497 g/mol. The van der Waals surface area contributed by atoms with Gasteiger partial charge in [-0.05, 0) is 54.8 Å². The molecule has 0 saturated heterocycles. The lowest BCUT2D eigenvalue weighted by Crippen LogP contribution is -2.28. The van der Waals surface area contributed by atoms with Crippen molar-refractivity contribution in [2.75, 3.05) is 22.4 Å². The molecule has 0 bridgehead atoms. The number of benzene rings is 3. The lowest BCUT2D eigenvalue weighted by molar-refractivity contribution is -0.119. The first kappa shape index (κ1) is 23.7. The third-order valence-corrected chi connectivity index (χ3v) is 6.46. The van der Waals surface area contributed by atoms with Crippen LogP contribution in [0.15, 0.2) is 76.9 Å². The molecule has 186 valence electrons. The van der Waals surface area contributed by atoms with Gasteiger partial charge in [-0.2, -0.15) is 15.2 Å². The summed E-state index contributed by atoms with van der Waals surface area (Å²) in [5, 5.41) is 29.6. The Morgan fingerprint density at radius 3 is 2.62 bits per heavy atom. The Kier molecular flexibility index (Phi) is 5.92. The summed E-state index contributed by atoms with van der Waals surface area (Å²) >= 11 is 0. The van der Waals surface area contributed by atoms with E-state index in [-0.39, 0.29) is 28.6 Å². The summed E-state index contributed by atoms with van der Waals surface area (Å²) in [4.78, 5) is 38.7. The molecule has 2 amide bonds. The number of carboxylic acid groups (broad SMARTS) is 1. The Hall–Kier alpha value is -4.99. The third kappa shape index (κ3) is 4.18. The Bertz CT molecular complexity index is 1510. The largest absolute Gasteiger partial charge is 0.505 e. The molecule has 1 atom stereocenters. The lowest BCUT2D eigenvalue weighted by atomic mass is 9.92. The molecule has 3 aromatic rings. The molecule has 0 saturated carbocycles. The van der Waals surface area contributed by atoms with E-state index in [0.29, 0.717) is 23.4 Å². The topological polar surface area (TPSA) is 135 Å². The van der Waals surface area contributed by atoms with Crippen molar-refractivity contribution in [3.63, 3.8) is 0 Å². The molecule has 2 aliphatic rings. The zero-order valence-electron chi connectivity index (χ0n) is 20.0. The number of phenolic OH excluding ortho intramolecular Hbond substituents is 1. The summed E-state index contributed by atoms with van der Waals surface area (Å²) in [6.45, 7) is 1.61. The average Bonchev–Trinajstić information content (AvgIpc) is 3.32. The van der Waals surface area contributed by atoms with Crippen molar-refractivity contribution in [1.82, 2.24) is 0 Å². The summed E-state index contributed by atoms with van der Waals surface area (Å²) in [5.41, 5.74) is 5.99. The number of carbonyl (C=O) groups excluding carboxylic acids is 2. The van der Waals surface area contributed by atoms with Crippen LogP contribution in [-0.4, -0.2) is 46.5 Å². The highest BCUT2D eigenvalue weighted by Crippen LogP contribution is 2.40. The molecule has 0 aliphatic carbocycles. The lowest BCUT2D eigenvalue weighted by Gasteiger charge is -2.14. The minimum atomic E-state index is -1.12. The van der Waals surface area contributed by atoms with Gasteiger partial charge in [0.2, 0.25) is 5.91 Å². The zero-order valence-corrected chi connectivity index (χ0v) is 20.0. The number of anilines is 3. The number of para-hydroxylation sites is 2. The SMILES string of the molecule is CC1=NN(c2cccc(C(=O)O)c2)C(=O)/C1=N\Nc1cccc(CC2C(=O)N(C)c3ccccc32)c1O. The van der Waals surface area contributed by atoms with Crippen LogP contribution in [0.1, 0.15) is 34.3 Å². The van der Waals surface area contributed by atoms with Crippen molar-refractivity contribution >= 4 is 46.3 Å². The summed E-state index contributed by atoms with van der Waals surface area (Å²) < 4.78 is 0. The molecule has 0 spiro atoms. The molecule has 2 aliphatic heterocycles. The number of rotatable bonds is 6. The smallest absolute Gasteiger partial charge is 0.335 e. The number of amides is 2. The second-order valence-electron chi connectivity index (χ2n) is 8.76. The number of hydrogen-bond acceptors (Lipinski definition) is 7. The van der Waals surface area contributed by atoms with E-state index in [9.17, 15) is 24.6 Å². The van der Waals surface area contributed by atoms with Gasteiger partial charge < -0.3 is 15.1 Å². The predicted octanol–water partition coefficient (Wildman–Crippen LogP) is 3.58. The molecule has 0 fully saturated rings. The molecule has 0 aromatic heterocycles. The van der Waals surface area contributed by atoms with Crippen molar-refractivity contribution in [3.05, 3.63) is 83.4 Å². The normalized spacial score (nSPS) is 17.8. The Morgan fingerprint density at radius 2 is 1.84 bits per heavy atom. The van der Waals surface area contributed by atoms with E-state index in [0.717, 1.165) is 16.3 Å². The van der Waals surface area contributed by atoms with Crippen LogP contribution < -0.4 is 15.3 Å². The van der Waals surface area contributed by atoms with Gasteiger partial charge in [-0.1, -0.05) is 36.4 Å². The molecule has 10 heteroatoms. The van der Waals surface area contributed by atoms with Crippen LogP contribution in [0.5, 0.6) is 5.75 Å². The van der Waals surface area contributed by atoms with Gasteiger partial charge in [0.05, 0.1) is 28.6 Å². The number of nitrogens with one attached hydrogen (secondary N) is 1. The zero-order chi connectivity index (χ0) is 26.3. The van der Waals surface area contributed by atoms with Crippen LogP contribution in [-0.2, 0) is 16.0 Å². The minimum Gasteiger partial charge on any atom is -0.505 e. The fraction of sp³-hybridized carbons (Fsp3) is 0.148. The third-order valence-electron chi connectivity index (χ3n) is 6.46. The first-order valence-electron chi connectivity index (χ1n) is 11.5. The second-order valence-corrected chi connectivity index (χ2v) is 8.76. The first-order valence-corrected chi connectivity index (χ1v) is 11.5. The number of likely N-dealkylation sites (N-methyl/N-ethyl adjacent to an activating group) is 1. The summed E-state index contributed by atoms with van der Waals surface area (Å²) in [6.07, 6.45) is 0.297. The van der Waals surface area contributed by atoms with Gasteiger partial charge in [-0.3, -0.25) is 15.0 Å². The molecule has 37 heavy (non-hydrogen) atoms. The van der Waals surface area contributed by atoms with E-state index < -0.39 is 17.8 Å². The van der Waals surface area contributed by atoms with Gasteiger partial charge in [0.15, 0.2) is 5.71 Å². The average molecular weight is 498 g/mol. The Balaban J connectivity index is 1.36. The van der Waals surface area contributed by atoms with E-state index in [4.69, 9.17) is 0 Å². The van der Waals surface area contributed by atoms with Crippen LogP contribution in [0, 0.1) is 0 Å². The molecule has 0 radical (unpaired) electrons. The van der Waals surface area contributed by atoms with Crippen LogP contribution in [0.2, 0.25) is 0 Å². The van der Waals surface area contributed by atoms with E-state index in [1.54, 1.807) is 43.1 Å². The number of phenols is 1. The van der Waals surface area contributed by atoms with Gasteiger partial charge >= 0.3 is 11.9 Å². The van der Waals surface area contributed by atoms with Crippen LogP contribution >= 0.6 is 0 Å². The standard InChI is InChI=1S/C27H23N5O5/c1-15-23(26(35)32(30-15)18-9-5-8-17(13-18)27(36)37)29-28-21-11-6-7-16(24(21)33)14-20-19-10-3-4-12-22(19)31(2)25(20)34/h3-13,20,28,33H,14H2,1-2H3,(H,36,37)/b29-23-. The number of nitrogens with zero attached hydrogens (tertiary/aromatic N) is 4. The number of hydrazone groups is 2. The summed E-state index contributed by atoms with van der Waals surface area (Å²) in [7, 11) is 1.73. The summed E-state index contributed by atoms with van der Waals surface area (Å²) in [5.74, 6) is -2.20. The van der Waals surface area contributed by atoms with E-state index in [2.05, 4.69) is 15.6 Å². The molecule has 3 N–H and O–H groups in total. The number of aromatic carboxylic acids is 1. The molecule has 1 unspecified atom stereocenters. The number of carboxylic acids is 1. The molecular weight excluding hydrogens is 474 g/mol.